The van der Waals surface area contributed by atoms with E-state index in [0.29, 0.717) is 0 Å². The fraction of sp³-hybridized carbons (Fsp3) is 0.462. The van der Waals surface area contributed by atoms with Crippen molar-refractivity contribution in [2.45, 2.75) is 26.4 Å². The van der Waals surface area contributed by atoms with Gasteiger partial charge in [-0.2, -0.15) is 0 Å². The number of ether oxygens (including phenoxy) is 1. The van der Waals surface area contributed by atoms with E-state index in [1.807, 2.05) is 19.3 Å². The molecular formula is C13H18BrN3OS. The second-order valence-corrected chi connectivity index (χ2v) is 6.60. The van der Waals surface area contributed by atoms with Crippen molar-refractivity contribution < 1.29 is 4.74 Å². The molecule has 2 aromatic heterocycles. The third-order valence-corrected chi connectivity index (χ3v) is 4.28. The van der Waals surface area contributed by atoms with Gasteiger partial charge < -0.3 is 14.6 Å². The summed E-state index contributed by atoms with van der Waals surface area (Å²) in [6, 6.07) is 4.18. The van der Waals surface area contributed by atoms with E-state index in [4.69, 9.17) is 4.74 Å². The van der Waals surface area contributed by atoms with Gasteiger partial charge in [0, 0.05) is 37.0 Å². The Morgan fingerprint density at radius 2 is 2.37 bits per heavy atom. The van der Waals surface area contributed by atoms with Gasteiger partial charge in [0.15, 0.2) is 0 Å². The van der Waals surface area contributed by atoms with Gasteiger partial charge in [-0.25, -0.2) is 4.98 Å². The van der Waals surface area contributed by atoms with Crippen LogP contribution in [0.3, 0.4) is 0 Å². The Morgan fingerprint density at radius 3 is 3.11 bits per heavy atom. The first-order chi connectivity index (χ1) is 9.29. The van der Waals surface area contributed by atoms with Crippen molar-refractivity contribution in [2.24, 2.45) is 0 Å². The lowest BCUT2D eigenvalue weighted by Crippen LogP contribution is -2.08. The molecular weight excluding hydrogens is 326 g/mol. The van der Waals surface area contributed by atoms with Gasteiger partial charge >= 0.3 is 0 Å². The predicted octanol–water partition coefficient (Wildman–Crippen LogP) is 3.75. The Kier molecular flexibility index (Phi) is 5.88. The van der Waals surface area contributed by atoms with Crippen molar-refractivity contribution >= 4 is 33.2 Å². The van der Waals surface area contributed by atoms with Crippen molar-refractivity contribution in [3.05, 3.63) is 33.2 Å². The molecule has 0 radical (unpaired) electrons. The van der Waals surface area contributed by atoms with Crippen LogP contribution >= 0.6 is 27.3 Å². The second-order valence-electron chi connectivity index (χ2n) is 4.05. The molecule has 0 aliphatic heterocycles. The number of hydrogen-bond donors (Lipinski definition) is 1. The lowest BCUT2D eigenvalue weighted by atomic mass is 10.4. The molecule has 19 heavy (non-hydrogen) atoms. The third-order valence-electron chi connectivity index (χ3n) is 2.66. The summed E-state index contributed by atoms with van der Waals surface area (Å²) in [4.78, 5) is 5.63. The number of aryl methyl sites for hydroxylation is 1. The summed E-state index contributed by atoms with van der Waals surface area (Å²) < 4.78 is 8.63. The quantitative estimate of drug-likeness (QED) is 0.742. The largest absolute Gasteiger partial charge is 0.382 e. The Morgan fingerprint density at radius 1 is 1.47 bits per heavy atom. The number of hydrogen-bond acceptors (Lipinski definition) is 4. The Labute approximate surface area is 125 Å². The van der Waals surface area contributed by atoms with Crippen LogP contribution in [0.4, 0.5) is 5.95 Å². The summed E-state index contributed by atoms with van der Waals surface area (Å²) in [5, 5.41) is 3.36. The van der Waals surface area contributed by atoms with Crippen LogP contribution in [0.15, 0.2) is 28.3 Å². The number of thiophene rings is 1. The molecule has 0 saturated heterocycles. The van der Waals surface area contributed by atoms with Crippen molar-refractivity contribution in [1.29, 1.82) is 0 Å². The number of nitrogens with zero attached hydrogens (tertiary/aromatic N) is 2. The molecule has 0 atom stereocenters. The van der Waals surface area contributed by atoms with Gasteiger partial charge in [0.05, 0.1) is 10.3 Å². The molecule has 2 heterocycles. The van der Waals surface area contributed by atoms with E-state index >= 15 is 0 Å². The fourth-order valence-corrected chi connectivity index (χ4v) is 3.17. The minimum Gasteiger partial charge on any atom is -0.382 e. The average Bonchev–Trinajstić information content (AvgIpc) is 3.01. The predicted molar refractivity (Wildman–Crippen MR) is 82.7 cm³/mol. The zero-order chi connectivity index (χ0) is 13.5. The van der Waals surface area contributed by atoms with Crippen LogP contribution in [-0.4, -0.2) is 22.8 Å². The van der Waals surface area contributed by atoms with Gasteiger partial charge in [-0.15, -0.1) is 11.3 Å². The summed E-state index contributed by atoms with van der Waals surface area (Å²) in [7, 11) is 0. The highest BCUT2D eigenvalue weighted by Gasteiger charge is 2.03. The van der Waals surface area contributed by atoms with E-state index in [1.54, 1.807) is 11.3 Å². The molecule has 0 bridgehead atoms. The number of rotatable bonds is 8. The van der Waals surface area contributed by atoms with Gasteiger partial charge in [-0.05, 0) is 41.4 Å². The molecule has 2 aromatic rings. The SMILES string of the molecule is CCOCCCn1ccnc1NCc1ccc(Br)s1. The van der Waals surface area contributed by atoms with Crippen LogP contribution in [0.5, 0.6) is 0 Å². The van der Waals surface area contributed by atoms with E-state index in [0.717, 1.165) is 42.5 Å². The first kappa shape index (κ1) is 14.6. The maximum atomic E-state index is 5.35. The zero-order valence-corrected chi connectivity index (χ0v) is 13.3. The number of halogens is 1. The number of nitrogens with one attached hydrogen (secondary N) is 1. The molecule has 1 N–H and O–H groups in total. The minimum absolute atomic E-state index is 0.780. The molecule has 4 nitrogen and oxygen atoms in total. The van der Waals surface area contributed by atoms with Crippen LogP contribution in [0, 0.1) is 0 Å². The summed E-state index contributed by atoms with van der Waals surface area (Å²) in [5.74, 6) is 0.918. The molecule has 104 valence electrons. The van der Waals surface area contributed by atoms with Crippen molar-refractivity contribution in [1.82, 2.24) is 9.55 Å². The summed E-state index contributed by atoms with van der Waals surface area (Å²) in [6.07, 6.45) is 4.83. The topological polar surface area (TPSA) is 39.1 Å². The standard InChI is InChI=1S/C13H18BrN3OS/c1-2-18-9-3-7-17-8-6-15-13(17)16-10-11-4-5-12(14)19-11/h4-6,8H,2-3,7,9-10H2,1H3,(H,15,16). The number of anilines is 1. The van der Waals surface area contributed by atoms with Crippen LogP contribution in [-0.2, 0) is 17.8 Å². The van der Waals surface area contributed by atoms with E-state index < -0.39 is 0 Å². The fourth-order valence-electron chi connectivity index (χ4n) is 1.75. The van der Waals surface area contributed by atoms with Crippen molar-refractivity contribution in [2.75, 3.05) is 18.5 Å². The molecule has 0 aromatic carbocycles. The maximum absolute atomic E-state index is 5.35. The highest BCUT2D eigenvalue weighted by molar-refractivity contribution is 9.11. The average molecular weight is 344 g/mol. The Balaban J connectivity index is 1.81. The van der Waals surface area contributed by atoms with E-state index in [-0.39, 0.29) is 0 Å². The van der Waals surface area contributed by atoms with E-state index in [9.17, 15) is 0 Å². The lowest BCUT2D eigenvalue weighted by molar-refractivity contribution is 0.142. The van der Waals surface area contributed by atoms with Gasteiger partial charge in [0.1, 0.15) is 0 Å². The summed E-state index contributed by atoms with van der Waals surface area (Å²) in [5.41, 5.74) is 0. The Bertz CT molecular complexity index is 498. The molecule has 0 spiro atoms. The normalized spacial score (nSPS) is 10.8. The highest BCUT2D eigenvalue weighted by Crippen LogP contribution is 2.22. The van der Waals surface area contributed by atoms with Gasteiger partial charge in [-0.1, -0.05) is 0 Å². The molecule has 0 aliphatic carbocycles. The smallest absolute Gasteiger partial charge is 0.203 e. The maximum Gasteiger partial charge on any atom is 0.203 e. The molecule has 6 heteroatoms. The summed E-state index contributed by atoms with van der Waals surface area (Å²) in [6.45, 7) is 5.33. The van der Waals surface area contributed by atoms with Crippen LogP contribution < -0.4 is 5.32 Å². The van der Waals surface area contributed by atoms with E-state index in [2.05, 4.69) is 42.9 Å². The van der Waals surface area contributed by atoms with Crippen molar-refractivity contribution in [3.63, 3.8) is 0 Å². The number of aromatic nitrogens is 2. The van der Waals surface area contributed by atoms with Gasteiger partial charge in [0.25, 0.3) is 0 Å². The Hall–Kier alpha value is -0.850. The molecule has 0 fully saturated rings. The van der Waals surface area contributed by atoms with Gasteiger partial charge in [0.2, 0.25) is 5.95 Å². The lowest BCUT2D eigenvalue weighted by Gasteiger charge is -2.09. The molecule has 0 aliphatic rings. The van der Waals surface area contributed by atoms with Crippen LogP contribution in [0.25, 0.3) is 0 Å². The minimum atomic E-state index is 0.780. The highest BCUT2D eigenvalue weighted by atomic mass is 79.9. The van der Waals surface area contributed by atoms with Crippen LogP contribution in [0.1, 0.15) is 18.2 Å². The molecule has 0 saturated carbocycles. The molecule has 0 amide bonds. The van der Waals surface area contributed by atoms with Gasteiger partial charge in [-0.3, -0.25) is 0 Å². The van der Waals surface area contributed by atoms with E-state index in [1.165, 1.54) is 4.88 Å². The van der Waals surface area contributed by atoms with Crippen LogP contribution in [0.2, 0.25) is 0 Å². The molecule has 0 unspecified atom stereocenters. The first-order valence-corrected chi connectivity index (χ1v) is 7.97. The second kappa shape index (κ2) is 7.67. The number of imidazole rings is 1. The third kappa shape index (κ3) is 4.63. The monoisotopic (exact) mass is 343 g/mol. The van der Waals surface area contributed by atoms with Crippen molar-refractivity contribution in [3.8, 4) is 0 Å². The molecule has 2 rings (SSSR count). The zero-order valence-electron chi connectivity index (χ0n) is 10.9. The first-order valence-electron chi connectivity index (χ1n) is 6.36. The summed E-state index contributed by atoms with van der Waals surface area (Å²) >= 11 is 5.21.